The third-order valence-electron chi connectivity index (χ3n) is 4.57. The molecule has 0 radical (unpaired) electrons. The lowest BCUT2D eigenvalue weighted by atomic mass is 10.2. The lowest BCUT2D eigenvalue weighted by molar-refractivity contribution is -0.142. The third kappa shape index (κ3) is 5.75. The van der Waals surface area contributed by atoms with Crippen LogP contribution in [0.4, 0.5) is 10.1 Å². The molecule has 0 spiro atoms. The molecule has 0 aliphatic heterocycles. The Hall–Kier alpha value is -3.72. The quantitative estimate of drug-likeness (QED) is 0.463. The number of rotatable bonds is 8. The molecule has 1 aromatic heterocycles. The van der Waals surface area contributed by atoms with Gasteiger partial charge in [0, 0.05) is 5.69 Å². The fraction of sp³-hybridized carbons (Fsp3) is 0.217. The van der Waals surface area contributed by atoms with Crippen molar-refractivity contribution >= 4 is 35.1 Å². The van der Waals surface area contributed by atoms with E-state index in [9.17, 15) is 18.8 Å². The second-order valence-electron chi connectivity index (χ2n) is 6.84. The summed E-state index contributed by atoms with van der Waals surface area (Å²) in [6.45, 7) is 2.41. The van der Waals surface area contributed by atoms with E-state index in [4.69, 9.17) is 21.1 Å². The van der Waals surface area contributed by atoms with E-state index in [0.717, 1.165) is 0 Å². The van der Waals surface area contributed by atoms with Crippen molar-refractivity contribution in [3.63, 3.8) is 0 Å². The van der Waals surface area contributed by atoms with Crippen LogP contribution in [0.15, 0.2) is 54.6 Å². The van der Waals surface area contributed by atoms with Crippen molar-refractivity contribution in [2.75, 3.05) is 24.7 Å². The van der Waals surface area contributed by atoms with Gasteiger partial charge in [0.25, 0.3) is 5.91 Å². The highest BCUT2D eigenvalue weighted by molar-refractivity contribution is 6.33. The van der Waals surface area contributed by atoms with Crippen LogP contribution in [0.1, 0.15) is 23.0 Å². The number of benzene rings is 2. The minimum absolute atomic E-state index is 0.0227. The molecule has 10 heteroatoms. The van der Waals surface area contributed by atoms with Crippen molar-refractivity contribution in [2.24, 2.45) is 0 Å². The molecular weight excluding hydrogens is 453 g/mol. The number of carbonyl (C=O) groups excluding carboxylic acids is 3. The van der Waals surface area contributed by atoms with Crippen LogP contribution >= 0.6 is 11.6 Å². The summed E-state index contributed by atoms with van der Waals surface area (Å²) in [6, 6.07) is 13.9. The first kappa shape index (κ1) is 23.9. The molecule has 3 rings (SSSR count). The Kier molecular flexibility index (Phi) is 7.78. The average molecular weight is 474 g/mol. The number of aromatic nitrogens is 2. The summed E-state index contributed by atoms with van der Waals surface area (Å²) in [7, 11) is 0. The number of esters is 2. The normalized spacial score (nSPS) is 10.5. The maximum absolute atomic E-state index is 13.2. The van der Waals surface area contributed by atoms with Gasteiger partial charge in [0.15, 0.2) is 6.61 Å². The number of hydrogen-bond donors (Lipinski definition) is 0. The Morgan fingerprint density at radius 2 is 1.73 bits per heavy atom. The summed E-state index contributed by atoms with van der Waals surface area (Å²) < 4.78 is 24.6. The number of halogens is 2. The molecule has 0 bridgehead atoms. The molecular formula is C23H21ClFN3O5. The van der Waals surface area contributed by atoms with E-state index in [1.54, 1.807) is 44.2 Å². The SMILES string of the molecule is CCOC(=O)CN(C(=O)COC(=O)c1c(C)nn(-c2ccc(F)cc2)c1Cl)c1ccccc1. The molecule has 0 fully saturated rings. The van der Waals surface area contributed by atoms with E-state index < -0.39 is 30.3 Å². The molecule has 0 aliphatic carbocycles. The van der Waals surface area contributed by atoms with Gasteiger partial charge in [0.2, 0.25) is 0 Å². The van der Waals surface area contributed by atoms with Crippen molar-refractivity contribution in [1.29, 1.82) is 0 Å². The Morgan fingerprint density at radius 1 is 1.06 bits per heavy atom. The number of hydrogen-bond acceptors (Lipinski definition) is 6. The minimum atomic E-state index is -0.858. The summed E-state index contributed by atoms with van der Waals surface area (Å²) in [5.74, 6) is -2.51. The van der Waals surface area contributed by atoms with E-state index in [1.807, 2.05) is 0 Å². The number of aryl methyl sites for hydroxylation is 1. The number of carbonyl (C=O) groups is 3. The largest absolute Gasteiger partial charge is 0.465 e. The van der Waals surface area contributed by atoms with E-state index in [0.29, 0.717) is 11.4 Å². The molecule has 172 valence electrons. The molecule has 1 heterocycles. The molecule has 0 atom stereocenters. The molecule has 0 unspecified atom stereocenters. The zero-order valence-electron chi connectivity index (χ0n) is 18.0. The van der Waals surface area contributed by atoms with Gasteiger partial charge in [-0.25, -0.2) is 13.9 Å². The van der Waals surface area contributed by atoms with Crippen molar-refractivity contribution < 1.29 is 28.2 Å². The molecule has 0 saturated heterocycles. The van der Waals surface area contributed by atoms with E-state index >= 15 is 0 Å². The van der Waals surface area contributed by atoms with Gasteiger partial charge >= 0.3 is 11.9 Å². The highest BCUT2D eigenvalue weighted by atomic mass is 35.5. The van der Waals surface area contributed by atoms with Crippen molar-refractivity contribution in [1.82, 2.24) is 9.78 Å². The number of para-hydroxylation sites is 1. The molecule has 1 amide bonds. The summed E-state index contributed by atoms with van der Waals surface area (Å²) in [5, 5.41) is 4.17. The van der Waals surface area contributed by atoms with Gasteiger partial charge in [0.1, 0.15) is 23.1 Å². The van der Waals surface area contributed by atoms with Gasteiger partial charge in [-0.15, -0.1) is 0 Å². The summed E-state index contributed by atoms with van der Waals surface area (Å²) in [6.07, 6.45) is 0. The van der Waals surface area contributed by atoms with Crippen molar-refractivity contribution in [3.05, 3.63) is 76.8 Å². The Labute approximate surface area is 194 Å². The molecule has 0 N–H and O–H groups in total. The first-order chi connectivity index (χ1) is 15.8. The highest BCUT2D eigenvalue weighted by Gasteiger charge is 2.25. The van der Waals surface area contributed by atoms with E-state index in [1.165, 1.54) is 33.8 Å². The predicted molar refractivity (Wildman–Crippen MR) is 119 cm³/mol. The third-order valence-corrected chi connectivity index (χ3v) is 4.92. The maximum atomic E-state index is 13.2. The van der Waals surface area contributed by atoms with Crippen LogP contribution < -0.4 is 4.90 Å². The number of nitrogens with zero attached hydrogens (tertiary/aromatic N) is 3. The average Bonchev–Trinajstić information content (AvgIpc) is 3.10. The predicted octanol–water partition coefficient (Wildman–Crippen LogP) is 3.73. The standard InChI is InChI=1S/C23H21ClFN3O5/c1-3-32-20(30)13-27(17-7-5-4-6-8-17)19(29)14-33-23(31)21-15(2)26-28(22(21)24)18-11-9-16(25)10-12-18/h4-12H,3,13-14H2,1-2H3. The Balaban J connectivity index is 1.75. The summed E-state index contributed by atoms with van der Waals surface area (Å²) in [4.78, 5) is 38.6. The van der Waals surface area contributed by atoms with Crippen LogP contribution in [-0.2, 0) is 19.1 Å². The number of ether oxygens (including phenoxy) is 2. The summed E-state index contributed by atoms with van der Waals surface area (Å²) in [5.41, 5.74) is 1.15. The van der Waals surface area contributed by atoms with Crippen molar-refractivity contribution in [2.45, 2.75) is 13.8 Å². The van der Waals surface area contributed by atoms with E-state index in [2.05, 4.69) is 5.10 Å². The van der Waals surface area contributed by atoms with Gasteiger partial charge in [0.05, 0.1) is 18.0 Å². The van der Waals surface area contributed by atoms with Crippen LogP contribution in [0.3, 0.4) is 0 Å². The summed E-state index contributed by atoms with van der Waals surface area (Å²) >= 11 is 6.33. The van der Waals surface area contributed by atoms with Crippen LogP contribution in [-0.4, -0.2) is 47.4 Å². The smallest absolute Gasteiger partial charge is 0.343 e. The maximum Gasteiger partial charge on any atom is 0.343 e. The second kappa shape index (κ2) is 10.7. The lowest BCUT2D eigenvalue weighted by Gasteiger charge is -2.21. The zero-order valence-corrected chi connectivity index (χ0v) is 18.7. The topological polar surface area (TPSA) is 90.7 Å². The molecule has 0 aliphatic rings. The lowest BCUT2D eigenvalue weighted by Crippen LogP contribution is -2.39. The molecule has 2 aromatic carbocycles. The minimum Gasteiger partial charge on any atom is -0.465 e. The highest BCUT2D eigenvalue weighted by Crippen LogP contribution is 2.24. The van der Waals surface area contributed by atoms with Gasteiger partial charge in [-0.05, 0) is 50.2 Å². The second-order valence-corrected chi connectivity index (χ2v) is 7.19. The van der Waals surface area contributed by atoms with E-state index in [-0.39, 0.29) is 29.6 Å². The Bertz CT molecular complexity index is 1150. The number of amides is 1. The van der Waals surface area contributed by atoms with Gasteiger partial charge in [-0.1, -0.05) is 29.8 Å². The van der Waals surface area contributed by atoms with Crippen LogP contribution in [0, 0.1) is 12.7 Å². The monoisotopic (exact) mass is 473 g/mol. The van der Waals surface area contributed by atoms with Crippen molar-refractivity contribution in [3.8, 4) is 5.69 Å². The Morgan fingerprint density at radius 3 is 2.36 bits per heavy atom. The van der Waals surface area contributed by atoms with Gasteiger partial charge < -0.3 is 9.47 Å². The molecule has 33 heavy (non-hydrogen) atoms. The molecule has 3 aromatic rings. The zero-order chi connectivity index (χ0) is 24.0. The fourth-order valence-electron chi connectivity index (χ4n) is 3.03. The first-order valence-corrected chi connectivity index (χ1v) is 10.4. The fourth-order valence-corrected chi connectivity index (χ4v) is 3.38. The first-order valence-electron chi connectivity index (χ1n) is 10.0. The van der Waals surface area contributed by atoms with Crippen LogP contribution in [0.2, 0.25) is 5.15 Å². The molecule has 8 nitrogen and oxygen atoms in total. The van der Waals surface area contributed by atoms with Crippen LogP contribution in [0.5, 0.6) is 0 Å². The van der Waals surface area contributed by atoms with Crippen LogP contribution in [0.25, 0.3) is 5.69 Å². The van der Waals surface area contributed by atoms with Gasteiger partial charge in [-0.3, -0.25) is 14.5 Å². The number of anilines is 1. The molecule has 0 saturated carbocycles. The van der Waals surface area contributed by atoms with Gasteiger partial charge in [-0.2, -0.15) is 5.10 Å².